The molecule has 31 heavy (non-hydrogen) atoms. The first kappa shape index (κ1) is 17.9. The van der Waals surface area contributed by atoms with E-state index in [9.17, 15) is 4.39 Å². The second kappa shape index (κ2) is 6.82. The summed E-state index contributed by atoms with van der Waals surface area (Å²) in [5.41, 5.74) is 7.19. The van der Waals surface area contributed by atoms with Crippen molar-refractivity contribution in [2.24, 2.45) is 0 Å². The Labute approximate surface area is 179 Å². The molecule has 0 spiro atoms. The summed E-state index contributed by atoms with van der Waals surface area (Å²) in [6.07, 6.45) is 8.92. The first-order valence-corrected chi connectivity index (χ1v) is 10.5. The van der Waals surface area contributed by atoms with Gasteiger partial charge in [0, 0.05) is 45.4 Å². The number of fused-ring (bicyclic) bond motifs is 2. The normalized spacial score (nSPS) is 11.5. The molecule has 6 rings (SSSR count). The van der Waals surface area contributed by atoms with Gasteiger partial charge in [-0.1, -0.05) is 0 Å². The zero-order valence-electron chi connectivity index (χ0n) is 16.3. The Morgan fingerprint density at radius 3 is 2.65 bits per heavy atom. The van der Waals surface area contributed by atoms with Crippen LogP contribution in [0.5, 0.6) is 0 Å². The number of nitrogens with one attached hydrogen (secondary N) is 2. The number of halogens is 1. The van der Waals surface area contributed by atoms with Crippen molar-refractivity contribution in [1.29, 1.82) is 0 Å². The van der Waals surface area contributed by atoms with Gasteiger partial charge in [0.2, 0.25) is 0 Å². The Morgan fingerprint density at radius 2 is 1.81 bits per heavy atom. The molecule has 0 radical (unpaired) electrons. The van der Waals surface area contributed by atoms with Crippen molar-refractivity contribution in [2.45, 2.75) is 6.92 Å². The van der Waals surface area contributed by atoms with Gasteiger partial charge in [-0.2, -0.15) is 9.49 Å². The summed E-state index contributed by atoms with van der Waals surface area (Å²) in [5, 5.41) is 9.31. The number of thiophene rings is 1. The monoisotopic (exact) mass is 426 g/mol. The standard InChI is InChI=1S/C23H15FN6S/c1-12-4-5-25-8-15(12)17-7-14-20(11-27-17)29-30-23(14)18-6-13-16(9-26-10-19(13)28-18)21-2-3-22(24)31-21/h2-11,28H,1H3,(H,29,30). The van der Waals surface area contributed by atoms with E-state index in [2.05, 4.69) is 30.1 Å². The summed E-state index contributed by atoms with van der Waals surface area (Å²) in [7, 11) is 0. The molecule has 6 heterocycles. The van der Waals surface area contributed by atoms with Crippen LogP contribution in [-0.2, 0) is 0 Å². The van der Waals surface area contributed by atoms with E-state index in [-0.39, 0.29) is 5.13 Å². The van der Waals surface area contributed by atoms with Crippen LogP contribution >= 0.6 is 11.3 Å². The van der Waals surface area contributed by atoms with Crippen molar-refractivity contribution in [3.05, 3.63) is 72.0 Å². The van der Waals surface area contributed by atoms with Gasteiger partial charge >= 0.3 is 0 Å². The molecule has 0 saturated carbocycles. The van der Waals surface area contributed by atoms with E-state index in [0.717, 1.165) is 71.8 Å². The summed E-state index contributed by atoms with van der Waals surface area (Å²) in [4.78, 5) is 17.4. The number of aromatic amines is 2. The van der Waals surface area contributed by atoms with E-state index < -0.39 is 0 Å². The summed E-state index contributed by atoms with van der Waals surface area (Å²) in [6, 6.07) is 9.29. The van der Waals surface area contributed by atoms with Crippen molar-refractivity contribution in [3.63, 3.8) is 0 Å². The molecule has 2 N–H and O–H groups in total. The van der Waals surface area contributed by atoms with Gasteiger partial charge < -0.3 is 4.98 Å². The van der Waals surface area contributed by atoms with Crippen LogP contribution in [0.1, 0.15) is 5.56 Å². The lowest BCUT2D eigenvalue weighted by Gasteiger charge is -2.04. The molecular formula is C23H15FN6S. The highest BCUT2D eigenvalue weighted by atomic mass is 32.1. The first-order chi connectivity index (χ1) is 15.2. The van der Waals surface area contributed by atoms with Crippen LogP contribution in [0.4, 0.5) is 4.39 Å². The minimum atomic E-state index is -0.216. The molecule has 0 aromatic carbocycles. The van der Waals surface area contributed by atoms with Gasteiger partial charge in [-0.25, -0.2) is 0 Å². The van der Waals surface area contributed by atoms with Crippen LogP contribution in [0, 0.1) is 12.1 Å². The molecule has 0 amide bonds. The van der Waals surface area contributed by atoms with Gasteiger partial charge in [0.05, 0.1) is 34.8 Å². The Hall–Kier alpha value is -3.91. The van der Waals surface area contributed by atoms with E-state index in [1.165, 1.54) is 6.07 Å². The first-order valence-electron chi connectivity index (χ1n) is 9.65. The second-order valence-corrected chi connectivity index (χ2v) is 8.35. The maximum Gasteiger partial charge on any atom is 0.176 e. The number of rotatable bonds is 3. The van der Waals surface area contributed by atoms with Gasteiger partial charge in [-0.15, -0.1) is 11.3 Å². The van der Waals surface area contributed by atoms with E-state index >= 15 is 0 Å². The molecule has 0 unspecified atom stereocenters. The highest BCUT2D eigenvalue weighted by Gasteiger charge is 2.16. The quantitative estimate of drug-likeness (QED) is 0.378. The molecular weight excluding hydrogens is 411 g/mol. The van der Waals surface area contributed by atoms with Crippen LogP contribution in [0.15, 0.2) is 61.3 Å². The van der Waals surface area contributed by atoms with Crippen molar-refractivity contribution < 1.29 is 4.39 Å². The molecule has 0 aliphatic carbocycles. The van der Waals surface area contributed by atoms with Gasteiger partial charge in [0.25, 0.3) is 0 Å². The average Bonchev–Trinajstić information content (AvgIpc) is 3.50. The van der Waals surface area contributed by atoms with Crippen molar-refractivity contribution in [2.75, 3.05) is 0 Å². The average molecular weight is 426 g/mol. The predicted octanol–water partition coefficient (Wildman–Crippen LogP) is 5.74. The fourth-order valence-electron chi connectivity index (χ4n) is 3.84. The van der Waals surface area contributed by atoms with Crippen molar-refractivity contribution in [3.8, 4) is 33.1 Å². The lowest BCUT2D eigenvalue weighted by Crippen LogP contribution is -1.88. The summed E-state index contributed by atoms with van der Waals surface area (Å²) >= 11 is 1.11. The summed E-state index contributed by atoms with van der Waals surface area (Å²) in [6.45, 7) is 2.04. The lowest BCUT2D eigenvalue weighted by molar-refractivity contribution is 0.657. The number of aryl methyl sites for hydroxylation is 1. The SMILES string of the molecule is Cc1ccncc1-c1cc2c(-c3cc4c(-c5ccc(F)s5)cncc4[nH]3)n[nH]c2cn1. The van der Waals surface area contributed by atoms with Gasteiger partial charge in [0.1, 0.15) is 5.69 Å². The fraction of sp³-hybridized carbons (Fsp3) is 0.0435. The minimum Gasteiger partial charge on any atom is -0.352 e. The van der Waals surface area contributed by atoms with Crippen LogP contribution in [0.3, 0.4) is 0 Å². The van der Waals surface area contributed by atoms with E-state index in [0.29, 0.717) is 0 Å². The van der Waals surface area contributed by atoms with E-state index in [1.807, 2.05) is 31.3 Å². The zero-order chi connectivity index (χ0) is 20.9. The molecule has 0 fully saturated rings. The van der Waals surface area contributed by atoms with Gasteiger partial charge in [-0.05, 0) is 42.8 Å². The number of nitrogens with zero attached hydrogens (tertiary/aromatic N) is 4. The van der Waals surface area contributed by atoms with Crippen molar-refractivity contribution in [1.82, 2.24) is 30.1 Å². The Kier molecular flexibility index (Phi) is 3.94. The van der Waals surface area contributed by atoms with Crippen LogP contribution < -0.4 is 0 Å². The molecule has 150 valence electrons. The van der Waals surface area contributed by atoms with Gasteiger partial charge in [0.15, 0.2) is 5.13 Å². The maximum absolute atomic E-state index is 13.6. The number of pyridine rings is 3. The smallest absolute Gasteiger partial charge is 0.176 e. The molecule has 0 aliphatic heterocycles. The second-order valence-electron chi connectivity index (χ2n) is 7.31. The van der Waals surface area contributed by atoms with E-state index in [1.54, 1.807) is 30.9 Å². The summed E-state index contributed by atoms with van der Waals surface area (Å²) in [5.74, 6) is 0. The molecule has 6 nitrogen and oxygen atoms in total. The molecule has 8 heteroatoms. The molecule has 6 aromatic rings. The van der Waals surface area contributed by atoms with Gasteiger partial charge in [-0.3, -0.25) is 20.1 Å². The third kappa shape index (κ3) is 2.91. The molecule has 0 bridgehead atoms. The van der Waals surface area contributed by atoms with Crippen LogP contribution in [0.2, 0.25) is 0 Å². The number of hydrogen-bond donors (Lipinski definition) is 2. The largest absolute Gasteiger partial charge is 0.352 e. The third-order valence-electron chi connectivity index (χ3n) is 5.40. The molecule has 0 atom stereocenters. The molecule has 6 aromatic heterocycles. The predicted molar refractivity (Wildman–Crippen MR) is 120 cm³/mol. The number of hydrogen-bond acceptors (Lipinski definition) is 5. The van der Waals surface area contributed by atoms with E-state index in [4.69, 9.17) is 0 Å². The van der Waals surface area contributed by atoms with Crippen molar-refractivity contribution >= 4 is 33.1 Å². The van der Waals surface area contributed by atoms with Crippen LogP contribution in [-0.4, -0.2) is 30.1 Å². The highest BCUT2D eigenvalue weighted by molar-refractivity contribution is 7.14. The Bertz CT molecular complexity index is 1580. The number of aromatic nitrogens is 6. The Balaban J connectivity index is 1.52. The lowest BCUT2D eigenvalue weighted by atomic mass is 10.1. The highest BCUT2D eigenvalue weighted by Crippen LogP contribution is 2.36. The minimum absolute atomic E-state index is 0.216. The topological polar surface area (TPSA) is 83.1 Å². The Morgan fingerprint density at radius 1 is 0.903 bits per heavy atom. The molecule has 0 saturated heterocycles. The van der Waals surface area contributed by atoms with Crippen LogP contribution in [0.25, 0.3) is 54.9 Å². The fourth-order valence-corrected chi connectivity index (χ4v) is 4.59. The maximum atomic E-state index is 13.6. The third-order valence-corrected chi connectivity index (χ3v) is 6.31. The molecule has 0 aliphatic rings. The zero-order valence-corrected chi connectivity index (χ0v) is 17.2. The number of H-pyrrole nitrogens is 2. The summed E-state index contributed by atoms with van der Waals surface area (Å²) < 4.78 is 13.6.